The Morgan fingerprint density at radius 3 is 1.97 bits per heavy atom. The SMILES string of the molecule is COP(=O)(OC)C(Cc1ccccc1)NC(=O)OCC1c2ccccc2-c2ccccc21. The van der Waals surface area contributed by atoms with Crippen LogP contribution in [0.4, 0.5) is 4.79 Å². The van der Waals surface area contributed by atoms with Crippen molar-refractivity contribution in [3.05, 3.63) is 95.6 Å². The molecule has 3 aromatic rings. The van der Waals surface area contributed by atoms with Crippen LogP contribution in [0, 0.1) is 0 Å². The maximum Gasteiger partial charge on any atom is 0.407 e. The molecule has 3 aromatic carbocycles. The lowest BCUT2D eigenvalue weighted by molar-refractivity contribution is 0.139. The van der Waals surface area contributed by atoms with Gasteiger partial charge in [-0.1, -0.05) is 78.9 Å². The van der Waals surface area contributed by atoms with E-state index in [4.69, 9.17) is 13.8 Å². The summed E-state index contributed by atoms with van der Waals surface area (Å²) in [5.41, 5.74) is 5.46. The van der Waals surface area contributed by atoms with Gasteiger partial charge in [0.15, 0.2) is 0 Å². The van der Waals surface area contributed by atoms with E-state index in [1.54, 1.807) is 0 Å². The normalized spacial score (nSPS) is 13.8. The molecule has 6 nitrogen and oxygen atoms in total. The van der Waals surface area contributed by atoms with E-state index < -0.39 is 19.5 Å². The van der Waals surface area contributed by atoms with Crippen molar-refractivity contribution in [2.24, 2.45) is 0 Å². The molecular formula is C25H26NO5P. The minimum absolute atomic E-state index is 0.0580. The minimum Gasteiger partial charge on any atom is -0.449 e. The molecule has 0 heterocycles. The van der Waals surface area contributed by atoms with Crippen LogP contribution in [-0.4, -0.2) is 32.7 Å². The standard InChI is InChI=1S/C25H26NO5P/c1-29-32(28,30-2)24(16-18-10-4-3-5-11-18)26-25(27)31-17-23-21-14-8-6-12-19(21)20-13-7-9-15-22(20)23/h3-15,23-24H,16-17H2,1-2H3,(H,26,27). The summed E-state index contributed by atoms with van der Waals surface area (Å²) in [6, 6.07) is 25.7. The van der Waals surface area contributed by atoms with Gasteiger partial charge >= 0.3 is 13.7 Å². The average Bonchev–Trinajstić information content (AvgIpc) is 3.16. The predicted octanol–water partition coefficient (Wildman–Crippen LogP) is 5.58. The highest BCUT2D eigenvalue weighted by atomic mass is 31.2. The van der Waals surface area contributed by atoms with Crippen molar-refractivity contribution >= 4 is 13.7 Å². The Morgan fingerprint density at radius 1 is 0.875 bits per heavy atom. The highest BCUT2D eigenvalue weighted by Gasteiger charge is 2.36. The number of carbonyl (C=O) groups is 1. The van der Waals surface area contributed by atoms with Crippen LogP contribution >= 0.6 is 7.60 Å². The maximum absolute atomic E-state index is 13.1. The van der Waals surface area contributed by atoms with Gasteiger partial charge in [-0.25, -0.2) is 4.79 Å². The lowest BCUT2D eigenvalue weighted by Crippen LogP contribution is -2.38. The molecular weight excluding hydrogens is 425 g/mol. The van der Waals surface area contributed by atoms with Gasteiger partial charge in [-0.15, -0.1) is 0 Å². The van der Waals surface area contributed by atoms with Crippen LogP contribution in [0.15, 0.2) is 78.9 Å². The summed E-state index contributed by atoms with van der Waals surface area (Å²) in [6.45, 7) is 0.169. The highest BCUT2D eigenvalue weighted by molar-refractivity contribution is 7.54. The van der Waals surface area contributed by atoms with Gasteiger partial charge in [0.2, 0.25) is 0 Å². The lowest BCUT2D eigenvalue weighted by Gasteiger charge is -2.25. The zero-order valence-corrected chi connectivity index (χ0v) is 19.0. The van der Waals surface area contributed by atoms with Gasteiger partial charge in [0.25, 0.3) is 0 Å². The first-order valence-electron chi connectivity index (χ1n) is 10.4. The molecule has 1 N–H and O–H groups in total. The molecule has 0 radical (unpaired) electrons. The third-order valence-corrected chi connectivity index (χ3v) is 7.88. The van der Waals surface area contributed by atoms with Gasteiger partial charge in [-0.2, -0.15) is 0 Å². The molecule has 0 spiro atoms. The molecule has 1 unspecified atom stereocenters. The van der Waals surface area contributed by atoms with E-state index in [0.29, 0.717) is 0 Å². The third kappa shape index (κ3) is 4.49. The van der Waals surface area contributed by atoms with E-state index >= 15 is 0 Å². The second-order valence-electron chi connectivity index (χ2n) is 7.58. The topological polar surface area (TPSA) is 73.9 Å². The van der Waals surface area contributed by atoms with Crippen LogP contribution in [0.1, 0.15) is 22.6 Å². The van der Waals surface area contributed by atoms with Crippen molar-refractivity contribution in [2.75, 3.05) is 20.8 Å². The number of ether oxygens (including phenoxy) is 1. The molecule has 4 rings (SSSR count). The quantitative estimate of drug-likeness (QED) is 0.453. The van der Waals surface area contributed by atoms with Crippen molar-refractivity contribution < 1.29 is 23.1 Å². The highest BCUT2D eigenvalue weighted by Crippen LogP contribution is 2.51. The number of alkyl carbamates (subject to hydrolysis) is 1. The van der Waals surface area contributed by atoms with Gasteiger partial charge in [0.1, 0.15) is 12.4 Å². The van der Waals surface area contributed by atoms with E-state index in [0.717, 1.165) is 27.8 Å². The fourth-order valence-electron chi connectivity index (χ4n) is 4.18. The number of nitrogens with one attached hydrogen (secondary N) is 1. The average molecular weight is 451 g/mol. The Labute approximate surface area is 188 Å². The molecule has 0 saturated heterocycles. The number of benzene rings is 3. The van der Waals surface area contributed by atoms with Crippen molar-refractivity contribution in [1.82, 2.24) is 5.32 Å². The predicted molar refractivity (Wildman–Crippen MR) is 124 cm³/mol. The van der Waals surface area contributed by atoms with Crippen LogP contribution in [0.3, 0.4) is 0 Å². The van der Waals surface area contributed by atoms with Gasteiger partial charge in [-0.3, -0.25) is 4.57 Å². The summed E-state index contributed by atoms with van der Waals surface area (Å²) in [5.74, 6) is -0.937. The van der Waals surface area contributed by atoms with Crippen molar-refractivity contribution in [1.29, 1.82) is 0 Å². The van der Waals surface area contributed by atoms with E-state index in [-0.39, 0.29) is 18.9 Å². The molecule has 7 heteroatoms. The molecule has 1 aliphatic carbocycles. The van der Waals surface area contributed by atoms with Crippen LogP contribution in [0.5, 0.6) is 0 Å². The Kier molecular flexibility index (Phi) is 6.75. The van der Waals surface area contributed by atoms with Gasteiger partial charge in [0.05, 0.1) is 0 Å². The molecule has 166 valence electrons. The zero-order valence-electron chi connectivity index (χ0n) is 18.1. The summed E-state index contributed by atoms with van der Waals surface area (Å²) < 4.78 is 29.0. The van der Waals surface area contributed by atoms with Crippen LogP contribution in [-0.2, 0) is 24.8 Å². The third-order valence-electron chi connectivity index (χ3n) is 5.79. The maximum atomic E-state index is 13.1. The lowest BCUT2D eigenvalue weighted by atomic mass is 9.98. The minimum atomic E-state index is -3.58. The fourth-order valence-corrected chi connectivity index (χ4v) is 5.54. The van der Waals surface area contributed by atoms with Crippen LogP contribution in [0.2, 0.25) is 0 Å². The van der Waals surface area contributed by atoms with Gasteiger partial charge in [0, 0.05) is 26.6 Å². The fraction of sp³-hybridized carbons (Fsp3) is 0.240. The first kappa shape index (κ1) is 22.3. The Morgan fingerprint density at radius 2 is 1.41 bits per heavy atom. The summed E-state index contributed by atoms with van der Waals surface area (Å²) in [4.78, 5) is 12.7. The summed E-state index contributed by atoms with van der Waals surface area (Å²) >= 11 is 0. The van der Waals surface area contributed by atoms with E-state index in [1.807, 2.05) is 54.6 Å². The smallest absolute Gasteiger partial charge is 0.407 e. The number of carbonyl (C=O) groups excluding carboxylic acids is 1. The van der Waals surface area contributed by atoms with Crippen molar-refractivity contribution in [3.63, 3.8) is 0 Å². The molecule has 1 amide bonds. The summed E-state index contributed by atoms with van der Waals surface area (Å²) in [5, 5.41) is 2.71. The number of fused-ring (bicyclic) bond motifs is 3. The summed E-state index contributed by atoms with van der Waals surface area (Å²) in [6.07, 6.45) is -0.383. The number of rotatable bonds is 8. The molecule has 0 aromatic heterocycles. The second-order valence-corrected chi connectivity index (χ2v) is 10.0. The van der Waals surface area contributed by atoms with Gasteiger partial charge < -0.3 is 19.1 Å². The van der Waals surface area contributed by atoms with E-state index in [1.165, 1.54) is 14.2 Å². The first-order valence-corrected chi connectivity index (χ1v) is 12.0. The molecule has 0 bridgehead atoms. The number of hydrogen-bond acceptors (Lipinski definition) is 5. The number of hydrogen-bond donors (Lipinski definition) is 1. The second kappa shape index (κ2) is 9.70. The molecule has 0 saturated carbocycles. The monoisotopic (exact) mass is 451 g/mol. The van der Waals surface area contributed by atoms with Crippen LogP contribution < -0.4 is 5.32 Å². The van der Waals surface area contributed by atoms with E-state index in [2.05, 4.69) is 29.6 Å². The molecule has 0 aliphatic heterocycles. The largest absolute Gasteiger partial charge is 0.449 e. The zero-order chi connectivity index (χ0) is 22.6. The molecule has 1 aliphatic rings. The number of amides is 1. The van der Waals surface area contributed by atoms with Crippen molar-refractivity contribution in [3.8, 4) is 11.1 Å². The Hall–Kier alpha value is -2.92. The van der Waals surface area contributed by atoms with Gasteiger partial charge in [-0.05, 0) is 27.8 Å². The van der Waals surface area contributed by atoms with Crippen molar-refractivity contribution in [2.45, 2.75) is 18.1 Å². The van der Waals surface area contributed by atoms with E-state index in [9.17, 15) is 9.36 Å². The summed E-state index contributed by atoms with van der Waals surface area (Å²) in [7, 11) is -0.963. The molecule has 0 fully saturated rings. The Balaban J connectivity index is 1.49. The first-order chi connectivity index (χ1) is 15.6. The van der Waals surface area contributed by atoms with Crippen LogP contribution in [0.25, 0.3) is 11.1 Å². The Bertz CT molecular complexity index is 1080. The molecule has 32 heavy (non-hydrogen) atoms. The molecule has 1 atom stereocenters.